The molecule has 0 aromatic rings. The van der Waals surface area contributed by atoms with Gasteiger partial charge in [0.15, 0.2) is 0 Å². The van der Waals surface area contributed by atoms with Gasteiger partial charge >= 0.3 is 0 Å². The Morgan fingerprint density at radius 1 is 1.14 bits per heavy atom. The molecule has 3 nitrogen and oxygen atoms in total. The molecule has 2 aliphatic heterocycles. The Bertz CT molecular complexity index is 145. The van der Waals surface area contributed by atoms with Crippen molar-refractivity contribution in [1.82, 2.24) is 4.90 Å². The highest BCUT2D eigenvalue weighted by molar-refractivity contribution is 4.80. The second-order valence-corrected chi connectivity index (χ2v) is 4.78. The lowest BCUT2D eigenvalue weighted by Gasteiger charge is -2.28. The first-order valence-corrected chi connectivity index (χ1v) is 5.65. The third-order valence-corrected chi connectivity index (χ3v) is 2.96. The molecule has 2 N–H and O–H groups in total. The zero-order chi connectivity index (χ0) is 10.4. The smallest absolute Gasteiger partial charge is 0.0483 e. The molecule has 84 valence electrons. The lowest BCUT2D eigenvalue weighted by atomic mass is 9.94. The molecule has 0 aliphatic carbocycles. The second kappa shape index (κ2) is 5.69. The van der Waals surface area contributed by atoms with Crippen LogP contribution in [0.25, 0.3) is 0 Å². The average Bonchev–Trinajstić information content (AvgIpc) is 2.56. The molecule has 0 spiro atoms. The Kier molecular flexibility index (Phi) is 4.85. The van der Waals surface area contributed by atoms with Crippen LogP contribution in [-0.2, 0) is 4.74 Å². The monoisotopic (exact) mass is 200 g/mol. The summed E-state index contributed by atoms with van der Waals surface area (Å²) < 4.78 is 5.13. The standard InChI is InChI=1S/C6H13NO.C5H11N/c1-6(7)2-4-8-5-3-6;1-6-4-2-3-5-6/h2-5,7H2,1H3;2-5H2,1H3. The summed E-state index contributed by atoms with van der Waals surface area (Å²) in [5.74, 6) is 0. The van der Waals surface area contributed by atoms with Crippen LogP contribution < -0.4 is 5.73 Å². The molecule has 2 aliphatic rings. The molecule has 0 atom stereocenters. The van der Waals surface area contributed by atoms with E-state index in [2.05, 4.69) is 18.9 Å². The highest BCUT2D eigenvalue weighted by Gasteiger charge is 2.21. The van der Waals surface area contributed by atoms with Crippen LogP contribution in [0.4, 0.5) is 0 Å². The van der Waals surface area contributed by atoms with Crippen LogP contribution in [0.3, 0.4) is 0 Å². The summed E-state index contributed by atoms with van der Waals surface area (Å²) in [6.07, 6.45) is 4.84. The summed E-state index contributed by atoms with van der Waals surface area (Å²) in [6, 6.07) is 0. The summed E-state index contributed by atoms with van der Waals surface area (Å²) in [6.45, 7) is 6.40. The largest absolute Gasteiger partial charge is 0.381 e. The van der Waals surface area contributed by atoms with E-state index in [1.54, 1.807) is 0 Å². The van der Waals surface area contributed by atoms with E-state index in [0.29, 0.717) is 0 Å². The van der Waals surface area contributed by atoms with Crippen molar-refractivity contribution < 1.29 is 4.74 Å². The molecule has 0 unspecified atom stereocenters. The third-order valence-electron chi connectivity index (χ3n) is 2.96. The van der Waals surface area contributed by atoms with Gasteiger partial charge in [-0.1, -0.05) is 0 Å². The molecule has 0 bridgehead atoms. The van der Waals surface area contributed by atoms with E-state index < -0.39 is 0 Å². The second-order valence-electron chi connectivity index (χ2n) is 4.78. The molecule has 0 radical (unpaired) electrons. The topological polar surface area (TPSA) is 38.5 Å². The van der Waals surface area contributed by atoms with Crippen LogP contribution in [0.5, 0.6) is 0 Å². The number of likely N-dealkylation sites (tertiary alicyclic amines) is 1. The third kappa shape index (κ3) is 4.94. The van der Waals surface area contributed by atoms with Crippen LogP contribution in [0, 0.1) is 0 Å². The SMILES string of the molecule is CC1(N)CCOCC1.CN1CCCC1. The van der Waals surface area contributed by atoms with Gasteiger partial charge in [0, 0.05) is 18.8 Å². The van der Waals surface area contributed by atoms with Gasteiger partial charge in [0.25, 0.3) is 0 Å². The molecular weight excluding hydrogens is 176 g/mol. The predicted molar refractivity (Wildman–Crippen MR) is 59.4 cm³/mol. The molecular formula is C11H24N2O. The fraction of sp³-hybridized carbons (Fsp3) is 1.00. The predicted octanol–water partition coefficient (Wildman–Crippen LogP) is 1.23. The van der Waals surface area contributed by atoms with Gasteiger partial charge in [-0.2, -0.15) is 0 Å². The minimum absolute atomic E-state index is 0.0538. The van der Waals surface area contributed by atoms with E-state index >= 15 is 0 Å². The molecule has 14 heavy (non-hydrogen) atoms. The summed E-state index contributed by atoms with van der Waals surface area (Å²) in [4.78, 5) is 2.36. The number of nitrogens with zero attached hydrogens (tertiary/aromatic N) is 1. The zero-order valence-corrected chi connectivity index (χ0v) is 9.59. The quantitative estimate of drug-likeness (QED) is 0.639. The van der Waals surface area contributed by atoms with E-state index in [9.17, 15) is 0 Å². The highest BCUT2D eigenvalue weighted by atomic mass is 16.5. The van der Waals surface area contributed by atoms with Crippen molar-refractivity contribution in [3.05, 3.63) is 0 Å². The molecule has 0 amide bonds. The minimum Gasteiger partial charge on any atom is -0.381 e. The maximum Gasteiger partial charge on any atom is 0.0483 e. The molecule has 3 heteroatoms. The van der Waals surface area contributed by atoms with E-state index in [-0.39, 0.29) is 5.54 Å². The zero-order valence-electron chi connectivity index (χ0n) is 9.59. The van der Waals surface area contributed by atoms with Crippen molar-refractivity contribution in [1.29, 1.82) is 0 Å². The van der Waals surface area contributed by atoms with Gasteiger partial charge in [-0.15, -0.1) is 0 Å². The minimum atomic E-state index is 0.0538. The Hall–Kier alpha value is -0.120. The molecule has 0 aromatic heterocycles. The lowest BCUT2D eigenvalue weighted by Crippen LogP contribution is -2.41. The number of rotatable bonds is 0. The van der Waals surface area contributed by atoms with Crippen molar-refractivity contribution in [3.63, 3.8) is 0 Å². The molecule has 0 saturated carbocycles. The van der Waals surface area contributed by atoms with Gasteiger partial charge in [-0.25, -0.2) is 0 Å². The first-order valence-electron chi connectivity index (χ1n) is 5.65. The van der Waals surface area contributed by atoms with Crippen LogP contribution in [0.15, 0.2) is 0 Å². The maximum atomic E-state index is 5.80. The summed E-state index contributed by atoms with van der Waals surface area (Å²) in [7, 11) is 2.17. The molecule has 2 saturated heterocycles. The molecule has 0 aromatic carbocycles. The van der Waals surface area contributed by atoms with E-state index in [1.165, 1.54) is 25.9 Å². The van der Waals surface area contributed by atoms with E-state index in [4.69, 9.17) is 10.5 Å². The number of hydrogen-bond donors (Lipinski definition) is 1. The number of ether oxygens (including phenoxy) is 1. The normalized spacial score (nSPS) is 26.8. The Balaban J connectivity index is 0.000000146. The summed E-state index contributed by atoms with van der Waals surface area (Å²) in [5, 5.41) is 0. The van der Waals surface area contributed by atoms with Gasteiger partial charge in [-0.05, 0) is 52.7 Å². The van der Waals surface area contributed by atoms with Crippen LogP contribution in [0.1, 0.15) is 32.6 Å². The summed E-state index contributed by atoms with van der Waals surface area (Å²) >= 11 is 0. The van der Waals surface area contributed by atoms with Gasteiger partial charge in [0.2, 0.25) is 0 Å². The fourth-order valence-electron chi connectivity index (χ4n) is 1.71. The first kappa shape index (κ1) is 12.0. The van der Waals surface area contributed by atoms with Crippen molar-refractivity contribution in [3.8, 4) is 0 Å². The van der Waals surface area contributed by atoms with E-state index in [0.717, 1.165) is 26.1 Å². The summed E-state index contributed by atoms with van der Waals surface area (Å²) in [5.41, 5.74) is 5.85. The van der Waals surface area contributed by atoms with Gasteiger partial charge in [0.1, 0.15) is 0 Å². The van der Waals surface area contributed by atoms with Crippen molar-refractivity contribution >= 4 is 0 Å². The first-order chi connectivity index (χ1) is 6.60. The highest BCUT2D eigenvalue weighted by Crippen LogP contribution is 2.15. The lowest BCUT2D eigenvalue weighted by molar-refractivity contribution is 0.0594. The van der Waals surface area contributed by atoms with E-state index in [1.807, 2.05) is 0 Å². The molecule has 2 rings (SSSR count). The molecule has 2 heterocycles. The van der Waals surface area contributed by atoms with Crippen LogP contribution in [0.2, 0.25) is 0 Å². The van der Waals surface area contributed by atoms with Crippen LogP contribution >= 0.6 is 0 Å². The Morgan fingerprint density at radius 3 is 1.86 bits per heavy atom. The van der Waals surface area contributed by atoms with Gasteiger partial charge in [-0.3, -0.25) is 0 Å². The van der Waals surface area contributed by atoms with Crippen molar-refractivity contribution in [2.75, 3.05) is 33.4 Å². The number of hydrogen-bond acceptors (Lipinski definition) is 3. The van der Waals surface area contributed by atoms with Gasteiger partial charge in [0.05, 0.1) is 0 Å². The maximum absolute atomic E-state index is 5.80. The Morgan fingerprint density at radius 2 is 1.64 bits per heavy atom. The fourth-order valence-corrected chi connectivity index (χ4v) is 1.71. The van der Waals surface area contributed by atoms with Crippen LogP contribution in [-0.4, -0.2) is 43.8 Å². The number of nitrogens with two attached hydrogens (primary N) is 1. The van der Waals surface area contributed by atoms with Gasteiger partial charge < -0.3 is 15.4 Å². The average molecular weight is 200 g/mol. The van der Waals surface area contributed by atoms with Crippen molar-refractivity contribution in [2.45, 2.75) is 38.1 Å². The molecule has 2 fully saturated rings. The van der Waals surface area contributed by atoms with Crippen molar-refractivity contribution in [2.24, 2.45) is 5.73 Å². The Labute approximate surface area is 87.6 Å².